The number of carbonyl (C=O) groups is 3. The lowest BCUT2D eigenvalue weighted by molar-refractivity contribution is 0.0593. The number of imide groups is 1. The smallest absolute Gasteiger partial charge is 0.261 e. The molecule has 0 saturated heterocycles. The summed E-state index contributed by atoms with van der Waals surface area (Å²) in [5.74, 6) is -1.01. The van der Waals surface area contributed by atoms with Crippen molar-refractivity contribution in [2.45, 2.75) is 26.3 Å². The molecule has 7 nitrogen and oxygen atoms in total. The number of halogens is 1. The standard InChI is InChI=1S/C22H19BrN4O3S/c1-4-12(2)27-20(29)16-10-7-14(11-17(16)21(27)30)19(28)26(3)22-25-24-18(31-22)13-5-8-15(23)9-6-13/h5-12H,4H2,1-3H3. The van der Waals surface area contributed by atoms with E-state index in [0.717, 1.165) is 10.0 Å². The predicted molar refractivity (Wildman–Crippen MR) is 122 cm³/mol. The molecule has 4 rings (SSSR count). The zero-order chi connectivity index (χ0) is 22.3. The van der Waals surface area contributed by atoms with E-state index in [0.29, 0.717) is 27.7 Å². The first-order valence-corrected chi connectivity index (χ1v) is 11.3. The summed E-state index contributed by atoms with van der Waals surface area (Å²) in [6, 6.07) is 12.1. The topological polar surface area (TPSA) is 83.5 Å². The molecule has 2 aromatic carbocycles. The Morgan fingerprint density at radius 3 is 2.45 bits per heavy atom. The Balaban J connectivity index is 1.59. The average molecular weight is 499 g/mol. The molecular weight excluding hydrogens is 480 g/mol. The fraction of sp³-hybridized carbons (Fsp3) is 0.227. The molecule has 31 heavy (non-hydrogen) atoms. The third-order valence-corrected chi connectivity index (χ3v) is 6.87. The molecule has 158 valence electrons. The van der Waals surface area contributed by atoms with E-state index in [2.05, 4.69) is 26.1 Å². The molecule has 3 amide bonds. The first kappa shape index (κ1) is 21.3. The van der Waals surface area contributed by atoms with E-state index in [-0.39, 0.29) is 29.3 Å². The predicted octanol–water partition coefficient (Wildman–Crippen LogP) is 4.64. The Hall–Kier alpha value is -2.91. The van der Waals surface area contributed by atoms with E-state index in [1.54, 1.807) is 19.2 Å². The Morgan fingerprint density at radius 2 is 1.77 bits per heavy atom. The first-order chi connectivity index (χ1) is 14.8. The quantitative estimate of drug-likeness (QED) is 0.478. The number of amides is 3. The van der Waals surface area contributed by atoms with Gasteiger partial charge < -0.3 is 0 Å². The van der Waals surface area contributed by atoms with Gasteiger partial charge in [-0.1, -0.05) is 46.3 Å². The van der Waals surface area contributed by atoms with Gasteiger partial charge in [0.05, 0.1) is 11.1 Å². The van der Waals surface area contributed by atoms with Crippen LogP contribution in [0, 0.1) is 0 Å². The normalized spacial score (nSPS) is 14.0. The van der Waals surface area contributed by atoms with Crippen molar-refractivity contribution in [3.8, 4) is 10.6 Å². The van der Waals surface area contributed by atoms with Crippen LogP contribution in [-0.4, -0.2) is 45.9 Å². The molecule has 0 bridgehead atoms. The summed E-state index contributed by atoms with van der Waals surface area (Å²) in [7, 11) is 1.61. The van der Waals surface area contributed by atoms with Gasteiger partial charge in [0, 0.05) is 28.7 Å². The van der Waals surface area contributed by atoms with Crippen molar-refractivity contribution in [3.63, 3.8) is 0 Å². The Morgan fingerprint density at radius 1 is 1.10 bits per heavy atom. The molecule has 0 saturated carbocycles. The summed E-state index contributed by atoms with van der Waals surface area (Å²) in [6.45, 7) is 3.75. The third kappa shape index (κ3) is 3.79. The lowest BCUT2D eigenvalue weighted by atomic mass is 10.1. The SMILES string of the molecule is CCC(C)N1C(=O)c2ccc(C(=O)N(C)c3nnc(-c4ccc(Br)cc4)s3)cc2C1=O. The maximum Gasteiger partial charge on any atom is 0.261 e. The van der Waals surface area contributed by atoms with Gasteiger partial charge in [-0.3, -0.25) is 24.2 Å². The molecule has 0 fully saturated rings. The van der Waals surface area contributed by atoms with Crippen LogP contribution in [0.5, 0.6) is 0 Å². The number of carbonyl (C=O) groups excluding carboxylic acids is 3. The molecular formula is C22H19BrN4O3S. The average Bonchev–Trinajstić information content (AvgIpc) is 3.36. The second-order valence-electron chi connectivity index (χ2n) is 7.26. The van der Waals surface area contributed by atoms with Gasteiger partial charge in [-0.2, -0.15) is 0 Å². The molecule has 1 aliphatic rings. The van der Waals surface area contributed by atoms with Crippen LogP contribution in [0.1, 0.15) is 51.3 Å². The highest BCUT2D eigenvalue weighted by Gasteiger charge is 2.38. The van der Waals surface area contributed by atoms with Gasteiger partial charge in [0.25, 0.3) is 17.7 Å². The number of anilines is 1. The van der Waals surface area contributed by atoms with Crippen molar-refractivity contribution in [1.82, 2.24) is 15.1 Å². The Kier molecular flexibility index (Phi) is 5.72. The van der Waals surface area contributed by atoms with Crippen molar-refractivity contribution >= 4 is 50.1 Å². The number of fused-ring (bicyclic) bond motifs is 1. The zero-order valence-corrected chi connectivity index (χ0v) is 19.5. The molecule has 9 heteroatoms. The van der Waals surface area contributed by atoms with Crippen LogP contribution in [0.3, 0.4) is 0 Å². The lowest BCUT2D eigenvalue weighted by Gasteiger charge is -2.20. The van der Waals surface area contributed by atoms with E-state index < -0.39 is 0 Å². The summed E-state index contributed by atoms with van der Waals surface area (Å²) in [6.07, 6.45) is 0.664. The fourth-order valence-electron chi connectivity index (χ4n) is 3.32. The van der Waals surface area contributed by atoms with E-state index in [9.17, 15) is 14.4 Å². The van der Waals surface area contributed by atoms with E-state index in [1.165, 1.54) is 27.2 Å². The van der Waals surface area contributed by atoms with Gasteiger partial charge in [-0.25, -0.2) is 0 Å². The van der Waals surface area contributed by atoms with Crippen molar-refractivity contribution in [1.29, 1.82) is 0 Å². The summed E-state index contributed by atoms with van der Waals surface area (Å²) >= 11 is 4.70. The molecule has 0 N–H and O–H groups in total. The second kappa shape index (κ2) is 8.32. The summed E-state index contributed by atoms with van der Waals surface area (Å²) in [5, 5.41) is 9.46. The van der Waals surface area contributed by atoms with Crippen molar-refractivity contribution in [2.24, 2.45) is 0 Å². The molecule has 0 radical (unpaired) electrons. The van der Waals surface area contributed by atoms with Crippen LogP contribution < -0.4 is 4.90 Å². The van der Waals surface area contributed by atoms with Crippen molar-refractivity contribution < 1.29 is 14.4 Å². The van der Waals surface area contributed by atoms with Gasteiger partial charge in [-0.05, 0) is 43.7 Å². The summed E-state index contributed by atoms with van der Waals surface area (Å²) < 4.78 is 0.963. The zero-order valence-electron chi connectivity index (χ0n) is 17.1. The lowest BCUT2D eigenvalue weighted by Crippen LogP contribution is -2.37. The van der Waals surface area contributed by atoms with Crippen LogP contribution in [0.15, 0.2) is 46.9 Å². The van der Waals surface area contributed by atoms with Gasteiger partial charge in [0.1, 0.15) is 5.01 Å². The molecule has 2 heterocycles. The fourth-order valence-corrected chi connectivity index (χ4v) is 4.39. The summed E-state index contributed by atoms with van der Waals surface area (Å²) in [4.78, 5) is 41.1. The molecule has 0 aliphatic carbocycles. The number of rotatable bonds is 5. The molecule has 1 unspecified atom stereocenters. The minimum atomic E-state index is -0.361. The minimum absolute atomic E-state index is 0.201. The van der Waals surface area contributed by atoms with Crippen LogP contribution >= 0.6 is 27.3 Å². The molecule has 0 spiro atoms. The van der Waals surface area contributed by atoms with Gasteiger partial charge in [-0.15, -0.1) is 10.2 Å². The van der Waals surface area contributed by atoms with Gasteiger partial charge >= 0.3 is 0 Å². The summed E-state index contributed by atoms with van der Waals surface area (Å²) in [5.41, 5.74) is 1.81. The number of aromatic nitrogens is 2. The third-order valence-electron chi connectivity index (χ3n) is 5.29. The molecule has 1 aromatic heterocycles. The van der Waals surface area contributed by atoms with Crippen molar-refractivity contribution in [3.05, 3.63) is 63.6 Å². The first-order valence-electron chi connectivity index (χ1n) is 9.71. The molecule has 1 atom stereocenters. The van der Waals surface area contributed by atoms with Crippen LogP contribution in [0.2, 0.25) is 0 Å². The number of benzene rings is 2. The van der Waals surface area contributed by atoms with Crippen LogP contribution in [0.4, 0.5) is 5.13 Å². The van der Waals surface area contributed by atoms with E-state index in [1.807, 2.05) is 38.1 Å². The van der Waals surface area contributed by atoms with E-state index in [4.69, 9.17) is 0 Å². The Labute approximate surface area is 191 Å². The maximum absolute atomic E-state index is 13.0. The molecule has 1 aliphatic heterocycles. The van der Waals surface area contributed by atoms with Crippen molar-refractivity contribution in [2.75, 3.05) is 11.9 Å². The highest BCUT2D eigenvalue weighted by atomic mass is 79.9. The van der Waals surface area contributed by atoms with E-state index >= 15 is 0 Å². The van der Waals surface area contributed by atoms with Gasteiger partial charge in [0.15, 0.2) is 0 Å². The van der Waals surface area contributed by atoms with Gasteiger partial charge in [0.2, 0.25) is 5.13 Å². The second-order valence-corrected chi connectivity index (χ2v) is 9.13. The number of nitrogens with zero attached hydrogens (tertiary/aromatic N) is 4. The van der Waals surface area contributed by atoms with Crippen LogP contribution in [-0.2, 0) is 0 Å². The number of hydrogen-bond donors (Lipinski definition) is 0. The number of hydrogen-bond acceptors (Lipinski definition) is 6. The molecule has 3 aromatic rings. The Bertz CT molecular complexity index is 1190. The maximum atomic E-state index is 13.0. The monoisotopic (exact) mass is 498 g/mol. The highest BCUT2D eigenvalue weighted by Crippen LogP contribution is 2.31. The van der Waals surface area contributed by atoms with Crippen LogP contribution in [0.25, 0.3) is 10.6 Å². The highest BCUT2D eigenvalue weighted by molar-refractivity contribution is 9.10. The largest absolute Gasteiger partial charge is 0.286 e. The minimum Gasteiger partial charge on any atom is -0.286 e.